The van der Waals surface area contributed by atoms with Crippen molar-refractivity contribution in [2.24, 2.45) is 14.1 Å². The summed E-state index contributed by atoms with van der Waals surface area (Å²) in [4.78, 5) is 13.8. The number of hydrogen-bond donors (Lipinski definition) is 1. The van der Waals surface area contributed by atoms with Crippen molar-refractivity contribution in [3.05, 3.63) is 55.1 Å². The van der Waals surface area contributed by atoms with E-state index in [9.17, 15) is 0 Å². The molecule has 0 aliphatic carbocycles. The highest BCUT2D eigenvalue weighted by atomic mass is 16.5. The highest BCUT2D eigenvalue weighted by molar-refractivity contribution is 5.94. The average molecular weight is 498 g/mol. The molecule has 0 saturated carbocycles. The topological polar surface area (TPSA) is 110 Å². The molecule has 1 aliphatic rings. The second-order valence-corrected chi connectivity index (χ2v) is 9.03. The highest BCUT2D eigenvalue weighted by Crippen LogP contribution is 2.34. The van der Waals surface area contributed by atoms with E-state index in [1.165, 1.54) is 0 Å². The molecule has 1 unspecified atom stereocenters. The number of methoxy groups -OCH3 is 1. The summed E-state index contributed by atoms with van der Waals surface area (Å²) in [6.07, 6.45) is 6.01. The summed E-state index contributed by atoms with van der Waals surface area (Å²) in [5.41, 5.74) is 4.36. The summed E-state index contributed by atoms with van der Waals surface area (Å²) in [7, 11) is 5.44. The largest absolute Gasteiger partial charge is 0.495 e. The molecule has 5 aromatic rings. The summed E-state index contributed by atoms with van der Waals surface area (Å²) in [6.45, 7) is 6.61. The fraction of sp³-hybridized carbons (Fsp3) is 0.269. The van der Waals surface area contributed by atoms with Gasteiger partial charge in [0.15, 0.2) is 5.82 Å². The Morgan fingerprint density at radius 3 is 2.86 bits per heavy atom. The summed E-state index contributed by atoms with van der Waals surface area (Å²) in [6, 6.07) is 7.87. The Balaban J connectivity index is 1.49. The number of ether oxygens (including phenoxy) is 2. The van der Waals surface area contributed by atoms with E-state index in [4.69, 9.17) is 19.6 Å². The van der Waals surface area contributed by atoms with Crippen molar-refractivity contribution in [3.8, 4) is 28.7 Å². The molecule has 6 heterocycles. The van der Waals surface area contributed by atoms with E-state index in [1.807, 2.05) is 47.7 Å². The van der Waals surface area contributed by atoms with Crippen LogP contribution in [0.2, 0.25) is 0 Å². The molecule has 0 fully saturated rings. The van der Waals surface area contributed by atoms with E-state index in [-0.39, 0.29) is 6.04 Å². The van der Waals surface area contributed by atoms with Gasteiger partial charge in [0.25, 0.3) is 0 Å². The predicted molar refractivity (Wildman–Crippen MR) is 140 cm³/mol. The number of fused-ring (bicyclic) bond motifs is 5. The quantitative estimate of drug-likeness (QED) is 0.367. The lowest BCUT2D eigenvalue weighted by Gasteiger charge is -2.16. The lowest BCUT2D eigenvalue weighted by Crippen LogP contribution is -2.13. The van der Waals surface area contributed by atoms with Crippen LogP contribution in [0.4, 0.5) is 11.6 Å². The van der Waals surface area contributed by atoms with Crippen LogP contribution in [-0.4, -0.2) is 52.8 Å². The molecule has 0 aromatic carbocycles. The predicted octanol–water partition coefficient (Wildman–Crippen LogP) is 4.33. The van der Waals surface area contributed by atoms with Gasteiger partial charge in [-0.2, -0.15) is 10.2 Å². The zero-order valence-corrected chi connectivity index (χ0v) is 21.1. The van der Waals surface area contributed by atoms with Crippen LogP contribution in [0.25, 0.3) is 39.4 Å². The molecule has 0 amide bonds. The smallest absolute Gasteiger partial charge is 0.222 e. The monoisotopic (exact) mass is 497 g/mol. The number of nitrogens with one attached hydrogen (secondary N) is 1. The van der Waals surface area contributed by atoms with Gasteiger partial charge in [0, 0.05) is 44.4 Å². The van der Waals surface area contributed by atoms with Crippen LogP contribution in [-0.2, 0) is 18.8 Å². The zero-order chi connectivity index (χ0) is 25.7. The Kier molecular flexibility index (Phi) is 5.40. The van der Waals surface area contributed by atoms with E-state index in [0.29, 0.717) is 35.7 Å². The van der Waals surface area contributed by atoms with Crippen LogP contribution < -0.4 is 10.1 Å². The Morgan fingerprint density at radius 1 is 1.16 bits per heavy atom. The lowest BCUT2D eigenvalue weighted by molar-refractivity contribution is 0.260. The fourth-order valence-corrected chi connectivity index (χ4v) is 4.65. The normalized spacial score (nSPS) is 15.1. The molecule has 0 radical (unpaired) electrons. The highest BCUT2D eigenvalue weighted by Gasteiger charge is 2.22. The molecule has 6 rings (SSSR count). The number of pyridine rings is 1. The standard InChI is InChI=1S/C26H27N9O2/c1-15-9-11-37-26-18(14-29-34(26)4)25-27-10-8-22(31-25)30-23-12-21-17(13-28-23)24(32-35(15)21)20-7-6-19(33(20)3)16(2)36-5/h6-8,10,12-15H,2,9,11H2,1,3-5H3,(H,27,28,30,31). The lowest BCUT2D eigenvalue weighted by atomic mass is 10.2. The van der Waals surface area contributed by atoms with Crippen LogP contribution >= 0.6 is 0 Å². The summed E-state index contributed by atoms with van der Waals surface area (Å²) in [5.74, 6) is 3.03. The van der Waals surface area contributed by atoms with E-state index in [2.05, 4.69) is 33.9 Å². The summed E-state index contributed by atoms with van der Waals surface area (Å²) in [5, 5.41) is 13.7. The maximum atomic E-state index is 6.19. The zero-order valence-electron chi connectivity index (χ0n) is 21.1. The number of aryl methyl sites for hydroxylation is 1. The maximum Gasteiger partial charge on any atom is 0.222 e. The van der Waals surface area contributed by atoms with Gasteiger partial charge in [0.2, 0.25) is 5.88 Å². The Hall–Kier alpha value is -4.67. The molecule has 11 nitrogen and oxygen atoms in total. The molecule has 37 heavy (non-hydrogen) atoms. The van der Waals surface area contributed by atoms with Gasteiger partial charge in [-0.3, -0.25) is 4.68 Å². The van der Waals surface area contributed by atoms with Crippen molar-refractivity contribution >= 4 is 28.3 Å². The van der Waals surface area contributed by atoms with E-state index in [1.54, 1.807) is 30.3 Å². The van der Waals surface area contributed by atoms with E-state index in [0.717, 1.165) is 40.0 Å². The first kappa shape index (κ1) is 22.8. The minimum Gasteiger partial charge on any atom is -0.495 e. The molecule has 1 aliphatic heterocycles. The Bertz CT molecular complexity index is 1650. The number of rotatable bonds is 3. The Morgan fingerprint density at radius 2 is 2.03 bits per heavy atom. The van der Waals surface area contributed by atoms with E-state index < -0.39 is 0 Å². The molecule has 11 heteroatoms. The van der Waals surface area contributed by atoms with Crippen LogP contribution in [0.1, 0.15) is 25.1 Å². The van der Waals surface area contributed by atoms with Gasteiger partial charge in [0.1, 0.15) is 28.7 Å². The summed E-state index contributed by atoms with van der Waals surface area (Å²) >= 11 is 0. The SMILES string of the molecule is C=C(OC)c1ccc(-c2nn3c4cc(ncc24)Nc2ccnc(n2)-c2cnn(C)c2OCCC3C)n1C. The second-order valence-electron chi connectivity index (χ2n) is 9.03. The van der Waals surface area contributed by atoms with E-state index >= 15 is 0 Å². The van der Waals surface area contributed by atoms with Gasteiger partial charge in [0.05, 0.1) is 42.9 Å². The third kappa shape index (κ3) is 3.79. The van der Waals surface area contributed by atoms with Crippen molar-refractivity contribution in [3.63, 3.8) is 0 Å². The molecule has 1 atom stereocenters. The van der Waals surface area contributed by atoms with Crippen molar-refractivity contribution in [2.45, 2.75) is 19.4 Å². The molecule has 0 spiro atoms. The van der Waals surface area contributed by atoms with Crippen LogP contribution in [0.15, 0.2) is 49.4 Å². The molecular formula is C26H27N9O2. The van der Waals surface area contributed by atoms with Gasteiger partial charge in [-0.15, -0.1) is 0 Å². The van der Waals surface area contributed by atoms with Crippen molar-refractivity contribution in [2.75, 3.05) is 19.0 Å². The van der Waals surface area contributed by atoms with Crippen molar-refractivity contribution < 1.29 is 9.47 Å². The average Bonchev–Trinajstić information content (AvgIpc) is 3.58. The van der Waals surface area contributed by atoms with Gasteiger partial charge in [-0.05, 0) is 25.1 Å². The van der Waals surface area contributed by atoms with Gasteiger partial charge < -0.3 is 19.4 Å². The van der Waals surface area contributed by atoms with Gasteiger partial charge >= 0.3 is 0 Å². The van der Waals surface area contributed by atoms with Crippen molar-refractivity contribution in [1.82, 2.24) is 39.1 Å². The first-order chi connectivity index (χ1) is 17.9. The molecule has 5 aromatic heterocycles. The second kappa shape index (κ2) is 8.77. The third-order valence-corrected chi connectivity index (χ3v) is 6.72. The van der Waals surface area contributed by atoms with Gasteiger partial charge in [-0.1, -0.05) is 6.58 Å². The van der Waals surface area contributed by atoms with Crippen LogP contribution in [0.5, 0.6) is 5.88 Å². The first-order valence-corrected chi connectivity index (χ1v) is 12.0. The number of hydrogen-bond acceptors (Lipinski definition) is 8. The molecular weight excluding hydrogens is 470 g/mol. The van der Waals surface area contributed by atoms with Crippen LogP contribution in [0.3, 0.4) is 0 Å². The van der Waals surface area contributed by atoms with Gasteiger partial charge in [-0.25, -0.2) is 19.6 Å². The maximum absolute atomic E-state index is 6.19. The summed E-state index contributed by atoms with van der Waals surface area (Å²) < 4.78 is 17.3. The van der Waals surface area contributed by atoms with Crippen molar-refractivity contribution in [1.29, 1.82) is 0 Å². The number of aromatic nitrogens is 8. The Labute approximate surface area is 213 Å². The van der Waals surface area contributed by atoms with Crippen LogP contribution in [0, 0.1) is 0 Å². The third-order valence-electron chi connectivity index (χ3n) is 6.72. The fourth-order valence-electron chi connectivity index (χ4n) is 4.65. The molecule has 188 valence electrons. The molecule has 1 N–H and O–H groups in total. The first-order valence-electron chi connectivity index (χ1n) is 12.0. The minimum absolute atomic E-state index is 0.0499. The number of anilines is 2. The number of nitrogens with zero attached hydrogens (tertiary/aromatic N) is 8. The molecule has 4 bridgehead atoms. The molecule has 0 saturated heterocycles. The minimum atomic E-state index is 0.0499.